The number of amides is 1. The van der Waals surface area contributed by atoms with Gasteiger partial charge in [0, 0.05) is 13.1 Å². The van der Waals surface area contributed by atoms with Gasteiger partial charge in [-0.1, -0.05) is 19.1 Å². The highest BCUT2D eigenvalue weighted by Gasteiger charge is 1.99. The van der Waals surface area contributed by atoms with Crippen LogP contribution in [0, 0.1) is 0 Å². The molecule has 0 heterocycles. The first-order valence-corrected chi connectivity index (χ1v) is 6.45. The number of ether oxygens (including phenoxy) is 1. The van der Waals surface area contributed by atoms with E-state index in [-0.39, 0.29) is 5.91 Å². The lowest BCUT2D eigenvalue weighted by atomic mass is 10.2. The number of carbonyl (C=O) groups excluding carboxylic acids is 1. The fourth-order valence-corrected chi connectivity index (χ4v) is 1.50. The van der Waals surface area contributed by atoms with Gasteiger partial charge in [0.1, 0.15) is 5.75 Å². The third-order valence-electron chi connectivity index (χ3n) is 2.38. The van der Waals surface area contributed by atoms with Gasteiger partial charge >= 0.3 is 0 Å². The lowest BCUT2D eigenvalue weighted by molar-refractivity contribution is -0.120. The van der Waals surface area contributed by atoms with Gasteiger partial charge in [0.15, 0.2) is 0 Å². The standard InChI is InChI=1S/C14H22N2O2/c1-3-9-18-13-7-5-12(6-8-13)10-15-11-14(17)16-4-2/h5-8,15H,3-4,9-11H2,1-2H3,(H,16,17). The first-order valence-electron chi connectivity index (χ1n) is 6.45. The van der Waals surface area contributed by atoms with Crippen LogP contribution in [0.3, 0.4) is 0 Å². The van der Waals surface area contributed by atoms with Crippen molar-refractivity contribution in [2.75, 3.05) is 19.7 Å². The van der Waals surface area contributed by atoms with E-state index in [1.807, 2.05) is 31.2 Å². The summed E-state index contributed by atoms with van der Waals surface area (Å²) in [7, 11) is 0. The van der Waals surface area contributed by atoms with E-state index < -0.39 is 0 Å². The molecule has 2 N–H and O–H groups in total. The Balaban J connectivity index is 2.28. The van der Waals surface area contributed by atoms with Gasteiger partial charge in [-0.25, -0.2) is 0 Å². The van der Waals surface area contributed by atoms with Crippen LogP contribution < -0.4 is 15.4 Å². The minimum absolute atomic E-state index is 0.0281. The van der Waals surface area contributed by atoms with Crippen molar-refractivity contribution < 1.29 is 9.53 Å². The lowest BCUT2D eigenvalue weighted by Gasteiger charge is -2.07. The van der Waals surface area contributed by atoms with Gasteiger partial charge in [0.2, 0.25) is 5.91 Å². The molecule has 1 aromatic rings. The van der Waals surface area contributed by atoms with E-state index in [1.165, 1.54) is 0 Å². The van der Waals surface area contributed by atoms with E-state index in [2.05, 4.69) is 17.6 Å². The Morgan fingerprint density at radius 1 is 1.22 bits per heavy atom. The fraction of sp³-hybridized carbons (Fsp3) is 0.500. The largest absolute Gasteiger partial charge is 0.494 e. The number of benzene rings is 1. The van der Waals surface area contributed by atoms with Crippen molar-refractivity contribution in [1.29, 1.82) is 0 Å². The highest BCUT2D eigenvalue weighted by atomic mass is 16.5. The van der Waals surface area contributed by atoms with Crippen molar-refractivity contribution >= 4 is 5.91 Å². The minimum atomic E-state index is 0.0281. The Hall–Kier alpha value is -1.55. The Bertz CT molecular complexity index is 349. The molecule has 0 atom stereocenters. The predicted molar refractivity (Wildman–Crippen MR) is 72.6 cm³/mol. The molecule has 0 aliphatic rings. The van der Waals surface area contributed by atoms with Crippen molar-refractivity contribution in [2.45, 2.75) is 26.8 Å². The second-order valence-electron chi connectivity index (χ2n) is 4.05. The van der Waals surface area contributed by atoms with Crippen LogP contribution in [0.5, 0.6) is 5.75 Å². The van der Waals surface area contributed by atoms with E-state index in [4.69, 9.17) is 4.74 Å². The fourth-order valence-electron chi connectivity index (χ4n) is 1.50. The SMILES string of the molecule is CCCOc1ccc(CNCC(=O)NCC)cc1. The van der Waals surface area contributed by atoms with E-state index in [1.54, 1.807) is 0 Å². The molecule has 0 saturated heterocycles. The van der Waals surface area contributed by atoms with Crippen molar-refractivity contribution in [1.82, 2.24) is 10.6 Å². The predicted octanol–water partition coefficient (Wildman–Crippen LogP) is 1.70. The van der Waals surface area contributed by atoms with Gasteiger partial charge in [-0.05, 0) is 31.0 Å². The number of nitrogens with one attached hydrogen (secondary N) is 2. The summed E-state index contributed by atoms with van der Waals surface area (Å²) in [6, 6.07) is 7.93. The Morgan fingerprint density at radius 3 is 2.56 bits per heavy atom. The molecule has 100 valence electrons. The molecule has 18 heavy (non-hydrogen) atoms. The molecule has 0 radical (unpaired) electrons. The van der Waals surface area contributed by atoms with E-state index in [9.17, 15) is 4.79 Å². The molecule has 0 bridgehead atoms. The summed E-state index contributed by atoms with van der Waals surface area (Å²) in [6.07, 6.45) is 1.01. The summed E-state index contributed by atoms with van der Waals surface area (Å²) in [5, 5.41) is 5.84. The third kappa shape index (κ3) is 5.68. The molecule has 0 unspecified atom stereocenters. The maximum atomic E-state index is 11.2. The van der Waals surface area contributed by atoms with Crippen molar-refractivity contribution in [3.63, 3.8) is 0 Å². The zero-order chi connectivity index (χ0) is 13.2. The van der Waals surface area contributed by atoms with Crippen LogP contribution in [-0.2, 0) is 11.3 Å². The van der Waals surface area contributed by atoms with Crippen LogP contribution in [-0.4, -0.2) is 25.6 Å². The van der Waals surface area contributed by atoms with Crippen molar-refractivity contribution in [2.24, 2.45) is 0 Å². The number of carbonyl (C=O) groups is 1. The van der Waals surface area contributed by atoms with Crippen molar-refractivity contribution in [3.05, 3.63) is 29.8 Å². The zero-order valence-electron chi connectivity index (χ0n) is 11.2. The smallest absolute Gasteiger partial charge is 0.233 e. The maximum absolute atomic E-state index is 11.2. The van der Waals surface area contributed by atoms with Gasteiger partial charge < -0.3 is 15.4 Å². The third-order valence-corrected chi connectivity index (χ3v) is 2.38. The summed E-state index contributed by atoms with van der Waals surface area (Å²) in [4.78, 5) is 11.2. The van der Waals surface area contributed by atoms with Gasteiger partial charge in [-0.3, -0.25) is 4.79 Å². The van der Waals surface area contributed by atoms with E-state index in [0.717, 1.165) is 24.3 Å². The molecule has 0 aliphatic heterocycles. The normalized spacial score (nSPS) is 10.1. The number of likely N-dealkylation sites (N-methyl/N-ethyl adjacent to an activating group) is 1. The zero-order valence-corrected chi connectivity index (χ0v) is 11.2. The summed E-state index contributed by atoms with van der Waals surface area (Å²) in [5.41, 5.74) is 1.14. The summed E-state index contributed by atoms with van der Waals surface area (Å²) in [6.45, 7) is 6.44. The summed E-state index contributed by atoms with van der Waals surface area (Å²) < 4.78 is 5.50. The molecule has 0 spiro atoms. The van der Waals surface area contributed by atoms with Gasteiger partial charge in [0.05, 0.1) is 13.2 Å². The molecule has 4 nitrogen and oxygen atoms in total. The quantitative estimate of drug-likeness (QED) is 0.738. The van der Waals surface area contributed by atoms with E-state index >= 15 is 0 Å². The average Bonchev–Trinajstić information content (AvgIpc) is 2.38. The maximum Gasteiger partial charge on any atom is 0.233 e. The van der Waals surface area contributed by atoms with Crippen LogP contribution in [0.2, 0.25) is 0 Å². The van der Waals surface area contributed by atoms with Gasteiger partial charge in [0.25, 0.3) is 0 Å². The topological polar surface area (TPSA) is 50.4 Å². The Labute approximate surface area is 109 Å². The molecule has 0 aromatic heterocycles. The molecular formula is C14H22N2O2. The van der Waals surface area contributed by atoms with Crippen LogP contribution in [0.25, 0.3) is 0 Å². The first kappa shape index (κ1) is 14.5. The molecule has 0 aliphatic carbocycles. The van der Waals surface area contributed by atoms with E-state index in [0.29, 0.717) is 19.6 Å². The van der Waals surface area contributed by atoms with Crippen LogP contribution in [0.15, 0.2) is 24.3 Å². The molecule has 1 rings (SSSR count). The lowest BCUT2D eigenvalue weighted by Crippen LogP contribution is -2.33. The highest BCUT2D eigenvalue weighted by molar-refractivity contribution is 5.77. The second-order valence-corrected chi connectivity index (χ2v) is 4.05. The summed E-state index contributed by atoms with van der Waals surface area (Å²) in [5.74, 6) is 0.921. The van der Waals surface area contributed by atoms with Crippen LogP contribution in [0.4, 0.5) is 0 Å². The van der Waals surface area contributed by atoms with Crippen molar-refractivity contribution in [3.8, 4) is 5.75 Å². The molecule has 1 aromatic carbocycles. The number of hydrogen-bond donors (Lipinski definition) is 2. The van der Waals surface area contributed by atoms with Gasteiger partial charge in [-0.15, -0.1) is 0 Å². The molecule has 1 amide bonds. The Morgan fingerprint density at radius 2 is 1.94 bits per heavy atom. The second kappa shape index (κ2) is 8.53. The molecule has 4 heteroatoms. The minimum Gasteiger partial charge on any atom is -0.494 e. The highest BCUT2D eigenvalue weighted by Crippen LogP contribution is 2.12. The van der Waals surface area contributed by atoms with Crippen LogP contribution >= 0.6 is 0 Å². The summed E-state index contributed by atoms with van der Waals surface area (Å²) >= 11 is 0. The first-order chi connectivity index (χ1) is 8.76. The number of rotatable bonds is 8. The Kier molecular flexibility index (Phi) is 6.87. The molecule has 0 saturated carbocycles. The van der Waals surface area contributed by atoms with Crippen LogP contribution in [0.1, 0.15) is 25.8 Å². The molecular weight excluding hydrogens is 228 g/mol. The average molecular weight is 250 g/mol. The molecule has 0 fully saturated rings. The number of hydrogen-bond acceptors (Lipinski definition) is 3. The van der Waals surface area contributed by atoms with Gasteiger partial charge in [-0.2, -0.15) is 0 Å². The monoisotopic (exact) mass is 250 g/mol.